The molecule has 2 fully saturated rings. The van der Waals surface area contributed by atoms with Crippen molar-refractivity contribution in [2.24, 2.45) is 17.3 Å². The van der Waals surface area contributed by atoms with Crippen molar-refractivity contribution in [3.05, 3.63) is 0 Å². The van der Waals surface area contributed by atoms with E-state index in [1.165, 1.54) is 32.1 Å². The van der Waals surface area contributed by atoms with Gasteiger partial charge in [-0.05, 0) is 36.5 Å². The standard InChI is InChI=1S/C13H24/c1-3-4-5-6-7-8-12-10-13(12)9-11(13)2/h11-12H,3-10H2,1-2H3. The van der Waals surface area contributed by atoms with Gasteiger partial charge in [-0.3, -0.25) is 0 Å². The first-order chi connectivity index (χ1) is 6.29. The average molecular weight is 180 g/mol. The van der Waals surface area contributed by atoms with Crippen molar-refractivity contribution in [3.63, 3.8) is 0 Å². The number of rotatable bonds is 6. The van der Waals surface area contributed by atoms with Gasteiger partial charge in [0.25, 0.3) is 0 Å². The zero-order valence-electron chi connectivity index (χ0n) is 9.31. The Bertz CT molecular complexity index is 173. The number of unbranched alkanes of at least 4 members (excludes halogenated alkanes) is 4. The Balaban J connectivity index is 1.47. The van der Waals surface area contributed by atoms with E-state index in [1.807, 2.05) is 0 Å². The highest BCUT2D eigenvalue weighted by atomic mass is 14.7. The molecule has 3 unspecified atom stereocenters. The molecule has 2 aliphatic rings. The number of hydrogen-bond acceptors (Lipinski definition) is 0. The van der Waals surface area contributed by atoms with Gasteiger partial charge in [0.1, 0.15) is 0 Å². The van der Waals surface area contributed by atoms with Crippen molar-refractivity contribution in [3.8, 4) is 0 Å². The van der Waals surface area contributed by atoms with Crippen LogP contribution in [-0.2, 0) is 0 Å². The maximum absolute atomic E-state index is 2.44. The van der Waals surface area contributed by atoms with Crippen LogP contribution in [0.25, 0.3) is 0 Å². The largest absolute Gasteiger partial charge is 0.0654 e. The molecule has 0 bridgehead atoms. The van der Waals surface area contributed by atoms with E-state index in [2.05, 4.69) is 13.8 Å². The quantitative estimate of drug-likeness (QED) is 0.532. The second kappa shape index (κ2) is 3.63. The summed E-state index contributed by atoms with van der Waals surface area (Å²) in [5, 5.41) is 0. The smallest absolute Gasteiger partial charge is 0.0238 e. The molecule has 0 aliphatic heterocycles. The van der Waals surface area contributed by atoms with Gasteiger partial charge in [0, 0.05) is 0 Å². The molecule has 0 aromatic rings. The first-order valence-corrected chi connectivity index (χ1v) is 6.29. The second-order valence-corrected chi connectivity index (χ2v) is 5.44. The maximum Gasteiger partial charge on any atom is -0.0238 e. The Morgan fingerprint density at radius 1 is 1.08 bits per heavy atom. The van der Waals surface area contributed by atoms with Gasteiger partial charge in [0.05, 0.1) is 0 Å². The Labute approximate surface area is 83.1 Å². The molecule has 0 heterocycles. The molecule has 13 heavy (non-hydrogen) atoms. The lowest BCUT2D eigenvalue weighted by Crippen LogP contribution is -1.85. The lowest BCUT2D eigenvalue weighted by atomic mass is 10.1. The Morgan fingerprint density at radius 3 is 2.31 bits per heavy atom. The van der Waals surface area contributed by atoms with Crippen LogP contribution >= 0.6 is 0 Å². The van der Waals surface area contributed by atoms with Crippen molar-refractivity contribution in [2.75, 3.05) is 0 Å². The molecule has 2 saturated carbocycles. The molecule has 0 amide bonds. The van der Waals surface area contributed by atoms with Crippen LogP contribution in [0.2, 0.25) is 0 Å². The van der Waals surface area contributed by atoms with Crippen LogP contribution in [0.15, 0.2) is 0 Å². The Kier molecular flexibility index (Phi) is 2.67. The fraction of sp³-hybridized carbons (Fsp3) is 1.00. The average Bonchev–Trinajstić information content (AvgIpc) is 2.95. The maximum atomic E-state index is 2.44. The van der Waals surface area contributed by atoms with E-state index in [4.69, 9.17) is 0 Å². The molecule has 0 aromatic carbocycles. The Morgan fingerprint density at radius 2 is 1.77 bits per heavy atom. The van der Waals surface area contributed by atoms with E-state index in [1.54, 1.807) is 19.3 Å². The van der Waals surface area contributed by atoms with Gasteiger partial charge < -0.3 is 0 Å². The highest BCUT2D eigenvalue weighted by Gasteiger charge is 2.67. The molecular weight excluding hydrogens is 156 g/mol. The predicted octanol–water partition coefficient (Wildman–Crippen LogP) is 4.39. The topological polar surface area (TPSA) is 0 Å². The molecule has 2 rings (SSSR count). The van der Waals surface area contributed by atoms with Gasteiger partial charge in [-0.1, -0.05) is 46.0 Å². The molecule has 76 valence electrons. The van der Waals surface area contributed by atoms with Gasteiger partial charge in [0.15, 0.2) is 0 Å². The van der Waals surface area contributed by atoms with Crippen LogP contribution in [0.1, 0.15) is 65.2 Å². The second-order valence-electron chi connectivity index (χ2n) is 5.44. The summed E-state index contributed by atoms with van der Waals surface area (Å²) >= 11 is 0. The van der Waals surface area contributed by atoms with Crippen molar-refractivity contribution >= 4 is 0 Å². The summed E-state index contributed by atoms with van der Waals surface area (Å²) in [4.78, 5) is 0. The fourth-order valence-corrected chi connectivity index (χ4v) is 3.15. The van der Waals surface area contributed by atoms with Crippen LogP contribution in [-0.4, -0.2) is 0 Å². The molecule has 0 aromatic heterocycles. The van der Waals surface area contributed by atoms with E-state index in [0.29, 0.717) is 0 Å². The highest BCUT2D eigenvalue weighted by Crippen LogP contribution is 2.75. The minimum atomic E-state index is 0.921. The van der Waals surface area contributed by atoms with Crippen LogP contribution in [0, 0.1) is 17.3 Å². The normalized spacial score (nSPS) is 41.1. The summed E-state index contributed by atoms with van der Waals surface area (Å²) in [6.45, 7) is 4.73. The molecule has 0 heteroatoms. The van der Waals surface area contributed by atoms with E-state index in [0.717, 1.165) is 17.3 Å². The third-order valence-corrected chi connectivity index (χ3v) is 4.44. The minimum absolute atomic E-state index is 0.921. The lowest BCUT2D eigenvalue weighted by molar-refractivity contribution is 0.542. The summed E-state index contributed by atoms with van der Waals surface area (Å²) in [6, 6.07) is 0. The summed E-state index contributed by atoms with van der Waals surface area (Å²) < 4.78 is 0. The number of hydrogen-bond donors (Lipinski definition) is 0. The van der Waals surface area contributed by atoms with Crippen LogP contribution in [0.5, 0.6) is 0 Å². The monoisotopic (exact) mass is 180 g/mol. The summed E-state index contributed by atoms with van der Waals surface area (Å²) in [6.07, 6.45) is 12.0. The van der Waals surface area contributed by atoms with Gasteiger partial charge >= 0.3 is 0 Å². The summed E-state index contributed by atoms with van der Waals surface area (Å²) in [5.41, 5.74) is 0.921. The van der Waals surface area contributed by atoms with Gasteiger partial charge in [0.2, 0.25) is 0 Å². The molecule has 1 spiro atoms. The molecule has 2 aliphatic carbocycles. The third-order valence-electron chi connectivity index (χ3n) is 4.44. The van der Waals surface area contributed by atoms with Crippen molar-refractivity contribution in [2.45, 2.75) is 65.2 Å². The zero-order valence-corrected chi connectivity index (χ0v) is 9.31. The third kappa shape index (κ3) is 1.92. The first-order valence-electron chi connectivity index (χ1n) is 6.29. The van der Waals surface area contributed by atoms with Gasteiger partial charge in [-0.2, -0.15) is 0 Å². The molecule has 3 atom stereocenters. The molecule has 0 nitrogen and oxygen atoms in total. The zero-order chi connectivity index (χ0) is 9.31. The molecule has 0 radical (unpaired) electrons. The summed E-state index contributed by atoms with van der Waals surface area (Å²) in [7, 11) is 0. The molecule has 0 N–H and O–H groups in total. The fourth-order valence-electron chi connectivity index (χ4n) is 3.15. The van der Waals surface area contributed by atoms with Crippen molar-refractivity contribution < 1.29 is 0 Å². The lowest BCUT2D eigenvalue weighted by Gasteiger charge is -1.99. The van der Waals surface area contributed by atoms with Crippen LogP contribution < -0.4 is 0 Å². The Hall–Kier alpha value is 0. The van der Waals surface area contributed by atoms with Gasteiger partial charge in [-0.25, -0.2) is 0 Å². The van der Waals surface area contributed by atoms with Crippen LogP contribution in [0.4, 0.5) is 0 Å². The van der Waals surface area contributed by atoms with E-state index in [-0.39, 0.29) is 0 Å². The van der Waals surface area contributed by atoms with Crippen LogP contribution in [0.3, 0.4) is 0 Å². The molecular formula is C13H24. The predicted molar refractivity (Wildman–Crippen MR) is 57.7 cm³/mol. The van der Waals surface area contributed by atoms with Crippen molar-refractivity contribution in [1.82, 2.24) is 0 Å². The van der Waals surface area contributed by atoms with Gasteiger partial charge in [-0.15, -0.1) is 0 Å². The van der Waals surface area contributed by atoms with E-state index >= 15 is 0 Å². The summed E-state index contributed by atoms with van der Waals surface area (Å²) in [5.74, 6) is 2.25. The van der Waals surface area contributed by atoms with E-state index < -0.39 is 0 Å². The first kappa shape index (κ1) is 9.55. The van der Waals surface area contributed by atoms with Crippen molar-refractivity contribution in [1.29, 1.82) is 0 Å². The SMILES string of the molecule is CCCCCCCC1CC12CC2C. The highest BCUT2D eigenvalue weighted by molar-refractivity contribution is 5.16. The minimum Gasteiger partial charge on any atom is -0.0654 e. The molecule has 0 saturated heterocycles. The van der Waals surface area contributed by atoms with E-state index in [9.17, 15) is 0 Å².